The highest BCUT2D eigenvalue weighted by molar-refractivity contribution is 6.01. The number of aliphatic hydroxyl groups is 2. The van der Waals surface area contributed by atoms with E-state index in [0.717, 1.165) is 5.56 Å². The average molecular weight is 798 g/mol. The molecule has 4 aliphatic rings. The van der Waals surface area contributed by atoms with Gasteiger partial charge >= 0.3 is 5.97 Å². The van der Waals surface area contributed by atoms with Gasteiger partial charge in [0.15, 0.2) is 12.1 Å². The second-order valence-electron chi connectivity index (χ2n) is 17.0. The van der Waals surface area contributed by atoms with E-state index in [1.54, 1.807) is 20.8 Å². The molecule has 0 saturated carbocycles. The number of likely N-dealkylation sites (N-methyl/N-ethyl adjacent to an activating group) is 1. The van der Waals surface area contributed by atoms with Gasteiger partial charge in [0.25, 0.3) is 5.91 Å². The highest BCUT2D eigenvalue weighted by atomic mass is 16.7. The minimum absolute atomic E-state index is 0.166. The zero-order valence-corrected chi connectivity index (χ0v) is 35.1. The van der Waals surface area contributed by atoms with E-state index < -0.39 is 89.3 Å². The van der Waals surface area contributed by atoms with Crippen LogP contribution in [0.3, 0.4) is 0 Å². The fourth-order valence-electron chi connectivity index (χ4n) is 8.84. The van der Waals surface area contributed by atoms with Gasteiger partial charge in [-0.3, -0.25) is 14.4 Å². The van der Waals surface area contributed by atoms with Crippen molar-refractivity contribution < 1.29 is 53.1 Å². The van der Waals surface area contributed by atoms with Crippen LogP contribution in [-0.4, -0.2) is 132 Å². The Morgan fingerprint density at radius 2 is 1.72 bits per heavy atom. The molecule has 3 saturated heterocycles. The van der Waals surface area contributed by atoms with Crippen molar-refractivity contribution in [1.82, 2.24) is 4.90 Å². The number of carbonyl (C=O) groups is 3. The van der Waals surface area contributed by atoms with Gasteiger partial charge in [0.05, 0.1) is 37.1 Å². The average Bonchev–Trinajstić information content (AvgIpc) is 3.20. The van der Waals surface area contributed by atoms with Crippen molar-refractivity contribution in [3.05, 3.63) is 42.0 Å². The Morgan fingerprint density at radius 3 is 2.39 bits per heavy atom. The first-order chi connectivity index (χ1) is 26.9. The monoisotopic (exact) mass is 797 g/mol. The molecule has 0 aromatic heterocycles. The normalized spacial score (nSPS) is 41.0. The Balaban J connectivity index is 1.67. The number of aliphatic hydroxyl groups excluding tert-OH is 1. The number of ether oxygens (including phenoxy) is 5. The number of amides is 1. The van der Waals surface area contributed by atoms with Gasteiger partial charge in [-0.15, -0.1) is 0 Å². The summed E-state index contributed by atoms with van der Waals surface area (Å²) in [6.45, 7) is 13.5. The van der Waals surface area contributed by atoms with E-state index in [1.165, 1.54) is 13.8 Å². The first kappa shape index (κ1) is 44.7. The summed E-state index contributed by atoms with van der Waals surface area (Å²) in [5.74, 6) is -5.35. The number of fused-ring (bicyclic) bond motifs is 4. The number of cyclic esters (lactones) is 1. The van der Waals surface area contributed by atoms with E-state index in [4.69, 9.17) is 33.5 Å². The lowest BCUT2D eigenvalue weighted by atomic mass is 9.73. The molecule has 4 aliphatic heterocycles. The smallest absolute Gasteiger partial charge is 0.316 e. The van der Waals surface area contributed by atoms with Gasteiger partial charge in [-0.2, -0.15) is 0 Å². The van der Waals surface area contributed by atoms with Crippen LogP contribution in [0.5, 0.6) is 0 Å². The van der Waals surface area contributed by atoms with Crippen LogP contribution in [-0.2, 0) is 42.9 Å². The molecule has 5 rings (SSSR count). The zero-order chi connectivity index (χ0) is 41.8. The topological polar surface area (TPSA) is 175 Å². The lowest BCUT2D eigenvalue weighted by Gasteiger charge is -2.47. The minimum Gasteiger partial charge on any atom is -0.459 e. The summed E-state index contributed by atoms with van der Waals surface area (Å²) in [4.78, 5) is 55.1. The van der Waals surface area contributed by atoms with Crippen LogP contribution in [0.2, 0.25) is 0 Å². The van der Waals surface area contributed by atoms with Crippen molar-refractivity contribution in [2.24, 2.45) is 33.8 Å². The standard InChI is InChI=1S/C43H63N3O11/c1-11-33-43(8,51)38-26(4)34-24(2)21-42(7,53-23-30(22-52-38)45-57-32(39(49)44-34)19-15-18-29-16-13-12-14-17-29)37(27(5)35(47)28(6)40(50)55-33)56-41-36(48)31(46(9)10)20-25(3)54-41/h12-18,24-28,31-33,36-38,41,48,51H,11,19-23H2,1-10H3/b18-15+,44-34?,45-30+/t24-,25-,26-,27+,28-,31+,32?,33-,36-,37-,38+,41+,42-,43-/m1/s1. The van der Waals surface area contributed by atoms with Crippen molar-refractivity contribution in [2.75, 3.05) is 27.3 Å². The molecule has 0 spiro atoms. The Labute approximate surface area is 336 Å². The number of Topliss-reactive ketones (excluding diaryl/α,β-unsaturated/α-hetero) is 1. The highest BCUT2D eigenvalue weighted by Crippen LogP contribution is 2.40. The Morgan fingerprint density at radius 1 is 1.02 bits per heavy atom. The Kier molecular flexibility index (Phi) is 14.7. The summed E-state index contributed by atoms with van der Waals surface area (Å²) in [5.41, 5.74) is -1.56. The lowest BCUT2D eigenvalue weighted by Crippen LogP contribution is -2.60. The van der Waals surface area contributed by atoms with Crippen molar-refractivity contribution in [3.63, 3.8) is 0 Å². The molecule has 14 heteroatoms. The summed E-state index contributed by atoms with van der Waals surface area (Å²) in [5, 5.41) is 28.4. The summed E-state index contributed by atoms with van der Waals surface area (Å²) in [6, 6.07) is 9.36. The maximum Gasteiger partial charge on any atom is 0.316 e. The number of esters is 1. The molecule has 4 bridgehead atoms. The number of ketones is 1. The number of oxime groups is 1. The summed E-state index contributed by atoms with van der Waals surface area (Å²) >= 11 is 0. The number of aliphatic imine (C=N–C) groups is 1. The van der Waals surface area contributed by atoms with Gasteiger partial charge in [-0.05, 0) is 72.5 Å². The molecule has 316 valence electrons. The van der Waals surface area contributed by atoms with Crippen LogP contribution in [0.15, 0.2) is 46.6 Å². The molecule has 0 aliphatic carbocycles. The van der Waals surface area contributed by atoms with Crippen molar-refractivity contribution in [2.45, 2.75) is 141 Å². The van der Waals surface area contributed by atoms with Gasteiger partial charge in [-0.25, -0.2) is 4.99 Å². The summed E-state index contributed by atoms with van der Waals surface area (Å²) in [6.07, 6.45) is -2.08. The quantitative estimate of drug-likeness (QED) is 0.295. The number of nitrogens with zero attached hydrogens (tertiary/aromatic N) is 3. The number of hydrogen-bond donors (Lipinski definition) is 2. The molecule has 3 fully saturated rings. The van der Waals surface area contributed by atoms with E-state index in [1.807, 2.05) is 82.3 Å². The van der Waals surface area contributed by atoms with Crippen LogP contribution >= 0.6 is 0 Å². The second-order valence-corrected chi connectivity index (χ2v) is 17.0. The molecule has 57 heavy (non-hydrogen) atoms. The third kappa shape index (κ3) is 10.1. The molecular weight excluding hydrogens is 734 g/mol. The van der Waals surface area contributed by atoms with Crippen molar-refractivity contribution in [3.8, 4) is 0 Å². The molecule has 14 atom stereocenters. The largest absolute Gasteiger partial charge is 0.459 e. The van der Waals surface area contributed by atoms with Crippen LogP contribution in [0.25, 0.3) is 6.08 Å². The number of carbonyl (C=O) groups excluding carboxylic acids is 3. The molecule has 0 radical (unpaired) electrons. The van der Waals surface area contributed by atoms with Crippen LogP contribution < -0.4 is 0 Å². The van der Waals surface area contributed by atoms with Gasteiger partial charge in [0.2, 0.25) is 6.10 Å². The molecule has 1 aromatic rings. The van der Waals surface area contributed by atoms with E-state index in [-0.39, 0.29) is 50.3 Å². The highest BCUT2D eigenvalue weighted by Gasteiger charge is 2.53. The first-order valence-corrected chi connectivity index (χ1v) is 20.3. The Hall–Kier alpha value is -3.37. The van der Waals surface area contributed by atoms with Crippen LogP contribution in [0, 0.1) is 23.7 Å². The third-order valence-corrected chi connectivity index (χ3v) is 12.1. The maximum atomic E-state index is 14.4. The molecule has 4 heterocycles. The maximum absolute atomic E-state index is 14.4. The summed E-state index contributed by atoms with van der Waals surface area (Å²) < 4.78 is 32.3. The molecule has 1 unspecified atom stereocenters. The second kappa shape index (κ2) is 18.7. The number of hydrogen-bond acceptors (Lipinski definition) is 13. The molecular formula is C43H63N3O11. The lowest BCUT2D eigenvalue weighted by molar-refractivity contribution is -0.296. The molecule has 1 amide bonds. The predicted octanol–water partition coefficient (Wildman–Crippen LogP) is 4.39. The zero-order valence-electron chi connectivity index (χ0n) is 35.1. The Bertz CT molecular complexity index is 1660. The summed E-state index contributed by atoms with van der Waals surface area (Å²) in [7, 11) is 3.74. The SMILES string of the molecule is CC[C@H]1OC(=O)[C@H](C)C(=O)[C@H](C)[C@@H](O[C@@H]2O[C@H](C)C[C@H](N(C)C)[C@H]2O)[C@@]2(C)C[C@@H](C)C3=NC(=O)C(C/C=C/c4ccccc4)O/N=C(\CO[C@@H]([C@@H]3C)[C@]1(C)O)CO2. The van der Waals surface area contributed by atoms with Crippen LogP contribution in [0.1, 0.15) is 86.6 Å². The van der Waals surface area contributed by atoms with Crippen molar-refractivity contribution in [1.29, 1.82) is 0 Å². The van der Waals surface area contributed by atoms with Gasteiger partial charge in [-0.1, -0.05) is 75.3 Å². The van der Waals surface area contributed by atoms with E-state index in [0.29, 0.717) is 12.1 Å². The van der Waals surface area contributed by atoms with Gasteiger partial charge in [0.1, 0.15) is 29.4 Å². The fraction of sp³-hybridized carbons (Fsp3) is 0.698. The van der Waals surface area contributed by atoms with Crippen LogP contribution in [0.4, 0.5) is 0 Å². The molecule has 1 aromatic carbocycles. The third-order valence-electron chi connectivity index (χ3n) is 12.1. The first-order valence-electron chi connectivity index (χ1n) is 20.3. The molecule has 14 nitrogen and oxygen atoms in total. The van der Waals surface area contributed by atoms with Crippen molar-refractivity contribution >= 4 is 35.2 Å². The van der Waals surface area contributed by atoms with Gasteiger partial charge in [0, 0.05) is 30.0 Å². The van der Waals surface area contributed by atoms with E-state index >= 15 is 0 Å². The molecule has 2 N–H and O–H groups in total. The fourth-order valence-corrected chi connectivity index (χ4v) is 8.84. The van der Waals surface area contributed by atoms with E-state index in [9.17, 15) is 24.6 Å². The number of rotatable bonds is 7. The van der Waals surface area contributed by atoms with Gasteiger partial charge < -0.3 is 43.6 Å². The van der Waals surface area contributed by atoms with E-state index in [2.05, 4.69) is 5.16 Å². The number of benzene rings is 1. The predicted molar refractivity (Wildman–Crippen MR) is 213 cm³/mol. The minimum atomic E-state index is -1.82.